The largest absolute Gasteiger partial charge is 0.477 e. The van der Waals surface area contributed by atoms with Crippen LogP contribution >= 0.6 is 11.8 Å². The van der Waals surface area contributed by atoms with E-state index in [1.54, 1.807) is 19.2 Å². The van der Waals surface area contributed by atoms with Crippen molar-refractivity contribution in [1.29, 1.82) is 0 Å². The van der Waals surface area contributed by atoms with Gasteiger partial charge in [0.25, 0.3) is 5.91 Å². The molecular formula is C16H18N4O6S. The summed E-state index contributed by atoms with van der Waals surface area (Å²) in [6.07, 6.45) is 1.66. The fourth-order valence-electron chi connectivity index (χ4n) is 2.90. The van der Waals surface area contributed by atoms with Crippen LogP contribution < -0.4 is 5.32 Å². The molecule has 0 bridgehead atoms. The number of aliphatic carboxylic acids is 1. The van der Waals surface area contributed by atoms with Gasteiger partial charge in [0.05, 0.1) is 5.69 Å². The van der Waals surface area contributed by atoms with Crippen LogP contribution in [0.2, 0.25) is 0 Å². The molecule has 1 saturated heterocycles. The van der Waals surface area contributed by atoms with E-state index in [9.17, 15) is 24.3 Å². The smallest absolute Gasteiger partial charge is 0.352 e. The highest BCUT2D eigenvalue weighted by atomic mass is 32.2. The predicted molar refractivity (Wildman–Crippen MR) is 93.3 cm³/mol. The van der Waals surface area contributed by atoms with Gasteiger partial charge in [0.1, 0.15) is 30.3 Å². The minimum atomic E-state index is -1.27. The molecule has 2 aliphatic rings. The SMILES string of the molecule is CC(=O)OCC1=C(C(=O)O)N2C(=O)[C@H](NC(=O)Cn3ccc(C)n3)[C@H]2SC1. The number of nitrogens with one attached hydrogen (secondary N) is 1. The summed E-state index contributed by atoms with van der Waals surface area (Å²) in [5, 5.41) is 15.7. The third-order valence-corrected chi connectivity index (χ3v) is 5.44. The van der Waals surface area contributed by atoms with Gasteiger partial charge in [-0.05, 0) is 13.0 Å². The topological polar surface area (TPSA) is 131 Å². The number of rotatable bonds is 6. The number of hydrogen-bond donors (Lipinski definition) is 2. The van der Waals surface area contributed by atoms with Crippen LogP contribution in [-0.4, -0.2) is 67.3 Å². The van der Waals surface area contributed by atoms with Gasteiger partial charge < -0.3 is 15.2 Å². The van der Waals surface area contributed by atoms with Crippen LogP contribution in [-0.2, 0) is 30.5 Å². The maximum absolute atomic E-state index is 12.5. The number of thioether (sulfide) groups is 1. The second-order valence-corrected chi connectivity index (χ2v) is 7.25. The maximum Gasteiger partial charge on any atom is 0.352 e. The van der Waals surface area contributed by atoms with Crippen molar-refractivity contribution in [2.45, 2.75) is 31.8 Å². The molecule has 10 nitrogen and oxygen atoms in total. The summed E-state index contributed by atoms with van der Waals surface area (Å²) < 4.78 is 6.33. The second kappa shape index (κ2) is 7.43. The van der Waals surface area contributed by atoms with Gasteiger partial charge in [-0.2, -0.15) is 5.10 Å². The van der Waals surface area contributed by atoms with E-state index in [0.717, 1.165) is 10.6 Å². The average Bonchev–Trinajstić information content (AvgIpc) is 3.01. The highest BCUT2D eigenvalue weighted by Crippen LogP contribution is 2.40. The fourth-order valence-corrected chi connectivity index (χ4v) is 4.23. The number of aromatic nitrogens is 2. The molecule has 2 atom stereocenters. The molecule has 0 unspecified atom stereocenters. The Bertz CT molecular complexity index is 848. The van der Waals surface area contributed by atoms with Gasteiger partial charge in [-0.3, -0.25) is 24.0 Å². The lowest BCUT2D eigenvalue weighted by Gasteiger charge is -2.49. The zero-order chi connectivity index (χ0) is 19.7. The normalized spacial score (nSPS) is 21.4. The molecule has 0 aliphatic carbocycles. The first-order valence-electron chi connectivity index (χ1n) is 8.10. The molecular weight excluding hydrogens is 376 g/mol. The van der Waals surface area contributed by atoms with Gasteiger partial charge in [-0.25, -0.2) is 4.79 Å². The predicted octanol–water partition coefficient (Wildman–Crippen LogP) is -0.507. The number of ether oxygens (including phenoxy) is 1. The van der Waals surface area contributed by atoms with Crippen LogP contribution in [0.3, 0.4) is 0 Å². The monoisotopic (exact) mass is 394 g/mol. The number of amides is 2. The van der Waals surface area contributed by atoms with Crippen LogP contribution in [0.5, 0.6) is 0 Å². The quantitative estimate of drug-likeness (QED) is 0.487. The van der Waals surface area contributed by atoms with Gasteiger partial charge in [0.2, 0.25) is 5.91 Å². The Morgan fingerprint density at radius 2 is 2.19 bits per heavy atom. The zero-order valence-corrected chi connectivity index (χ0v) is 15.5. The minimum Gasteiger partial charge on any atom is -0.477 e. The van der Waals surface area contributed by atoms with Gasteiger partial charge in [-0.15, -0.1) is 11.8 Å². The number of β-lactam (4-membered cyclic amide) rings is 1. The molecule has 3 rings (SSSR count). The summed E-state index contributed by atoms with van der Waals surface area (Å²) in [4.78, 5) is 48.4. The van der Waals surface area contributed by atoms with E-state index >= 15 is 0 Å². The summed E-state index contributed by atoms with van der Waals surface area (Å²) in [6, 6.07) is 0.957. The Hall–Kier alpha value is -2.82. The number of esters is 1. The molecule has 144 valence electrons. The Labute approximate surface area is 158 Å². The molecule has 1 fully saturated rings. The summed E-state index contributed by atoms with van der Waals surface area (Å²) in [5.74, 6) is -2.41. The highest BCUT2D eigenvalue weighted by Gasteiger charge is 2.54. The van der Waals surface area contributed by atoms with Crippen molar-refractivity contribution in [3.8, 4) is 0 Å². The molecule has 2 N–H and O–H groups in total. The number of carboxylic acid groups (broad SMARTS) is 1. The number of carboxylic acids is 1. The fraction of sp³-hybridized carbons (Fsp3) is 0.438. The van der Waals surface area contributed by atoms with E-state index in [2.05, 4.69) is 10.4 Å². The van der Waals surface area contributed by atoms with E-state index in [-0.39, 0.29) is 30.5 Å². The van der Waals surface area contributed by atoms with Crippen molar-refractivity contribution in [3.05, 3.63) is 29.2 Å². The first-order valence-corrected chi connectivity index (χ1v) is 9.15. The zero-order valence-electron chi connectivity index (χ0n) is 14.7. The molecule has 0 spiro atoms. The molecule has 27 heavy (non-hydrogen) atoms. The van der Waals surface area contributed by atoms with Crippen molar-refractivity contribution in [3.63, 3.8) is 0 Å². The number of carbonyl (C=O) groups excluding carboxylic acids is 3. The lowest BCUT2D eigenvalue weighted by atomic mass is 10.0. The van der Waals surface area contributed by atoms with Crippen LogP contribution in [0, 0.1) is 6.92 Å². The van der Waals surface area contributed by atoms with Crippen LogP contribution in [0.15, 0.2) is 23.5 Å². The van der Waals surface area contributed by atoms with Crippen molar-refractivity contribution in [2.75, 3.05) is 12.4 Å². The molecule has 2 aliphatic heterocycles. The standard InChI is InChI=1S/C16H18N4O6S/c1-8-3-4-19(18-8)5-11(22)17-12-14(23)20-13(16(24)25)10(6-26-9(2)21)7-27-15(12)20/h3-4,12,15H,5-7H2,1-2H3,(H,17,22)(H,24,25)/t12-,15+/m0/s1. The lowest BCUT2D eigenvalue weighted by molar-refractivity contribution is -0.151. The Morgan fingerprint density at radius 3 is 2.78 bits per heavy atom. The third kappa shape index (κ3) is 3.82. The molecule has 0 saturated carbocycles. The van der Waals surface area contributed by atoms with Crippen LogP contribution in [0.4, 0.5) is 0 Å². The van der Waals surface area contributed by atoms with Crippen molar-refractivity contribution < 1.29 is 29.0 Å². The number of aryl methyl sites for hydroxylation is 1. The number of carbonyl (C=O) groups is 4. The molecule has 3 heterocycles. The van der Waals surface area contributed by atoms with Crippen molar-refractivity contribution in [1.82, 2.24) is 20.0 Å². The molecule has 11 heteroatoms. The van der Waals surface area contributed by atoms with E-state index in [4.69, 9.17) is 4.74 Å². The Kier molecular flexibility index (Phi) is 5.22. The molecule has 1 aromatic heterocycles. The van der Waals surface area contributed by atoms with E-state index < -0.39 is 29.3 Å². The van der Waals surface area contributed by atoms with Crippen LogP contribution in [0.25, 0.3) is 0 Å². The first kappa shape index (κ1) is 19.0. The lowest BCUT2D eigenvalue weighted by Crippen LogP contribution is -2.70. The number of nitrogens with zero attached hydrogens (tertiary/aromatic N) is 3. The van der Waals surface area contributed by atoms with E-state index in [1.807, 2.05) is 0 Å². The average molecular weight is 394 g/mol. The summed E-state index contributed by atoms with van der Waals surface area (Å²) >= 11 is 1.31. The molecule has 2 amide bonds. The number of hydrogen-bond acceptors (Lipinski definition) is 7. The first-order chi connectivity index (χ1) is 12.8. The minimum absolute atomic E-state index is 0.0334. The Balaban J connectivity index is 1.68. The summed E-state index contributed by atoms with van der Waals surface area (Å²) in [7, 11) is 0. The van der Waals surface area contributed by atoms with Gasteiger partial charge >= 0.3 is 11.9 Å². The van der Waals surface area contributed by atoms with E-state index in [1.165, 1.54) is 23.4 Å². The molecule has 1 aromatic rings. The van der Waals surface area contributed by atoms with Gasteiger partial charge in [0.15, 0.2) is 0 Å². The third-order valence-electron chi connectivity index (χ3n) is 4.10. The Morgan fingerprint density at radius 1 is 1.44 bits per heavy atom. The summed E-state index contributed by atoms with van der Waals surface area (Å²) in [6.45, 7) is 2.80. The molecule has 0 radical (unpaired) electrons. The summed E-state index contributed by atoms with van der Waals surface area (Å²) in [5.41, 5.74) is 0.940. The highest BCUT2D eigenvalue weighted by molar-refractivity contribution is 8.00. The molecule has 0 aromatic carbocycles. The number of fused-ring (bicyclic) bond motifs is 1. The van der Waals surface area contributed by atoms with Crippen LogP contribution in [0.1, 0.15) is 12.6 Å². The van der Waals surface area contributed by atoms with Crippen molar-refractivity contribution in [2.24, 2.45) is 0 Å². The maximum atomic E-state index is 12.5. The van der Waals surface area contributed by atoms with Gasteiger partial charge in [0, 0.05) is 24.4 Å². The van der Waals surface area contributed by atoms with Crippen molar-refractivity contribution >= 4 is 35.5 Å². The van der Waals surface area contributed by atoms with Gasteiger partial charge in [-0.1, -0.05) is 0 Å². The second-order valence-electron chi connectivity index (χ2n) is 6.15. The van der Waals surface area contributed by atoms with E-state index in [0.29, 0.717) is 5.57 Å².